The molecule has 0 atom stereocenters. The summed E-state index contributed by atoms with van der Waals surface area (Å²) in [6, 6.07) is 0. The van der Waals surface area contributed by atoms with Crippen molar-refractivity contribution in [1.29, 1.82) is 0 Å². The molecule has 0 aliphatic carbocycles. The van der Waals surface area contributed by atoms with Crippen molar-refractivity contribution in [1.82, 2.24) is 0 Å². The van der Waals surface area contributed by atoms with E-state index >= 15 is 0 Å². The lowest BCUT2D eigenvalue weighted by atomic mass is 10.0. The van der Waals surface area contributed by atoms with Crippen molar-refractivity contribution in [2.75, 3.05) is 0 Å². The Morgan fingerprint density at radius 2 is 2.15 bits per heavy atom. The Morgan fingerprint density at radius 1 is 1.38 bits per heavy atom. The lowest BCUT2D eigenvalue weighted by Crippen LogP contribution is -2.07. The number of allylic oxidation sites excluding steroid dienone is 4. The van der Waals surface area contributed by atoms with Crippen molar-refractivity contribution in [2.45, 2.75) is 19.8 Å². The van der Waals surface area contributed by atoms with Crippen molar-refractivity contribution in [3.8, 4) is 0 Å². The topological polar surface area (TPSA) is 24.7 Å². The zero-order valence-corrected chi connectivity index (χ0v) is 7.95. The average Bonchev–Trinajstić information content (AvgIpc) is 2.15. The largest absolute Gasteiger partial charge is 0.160 e. The predicted octanol–water partition coefficient (Wildman–Crippen LogP) is 2.90. The molecule has 0 aromatic carbocycles. The Morgan fingerprint density at radius 3 is 2.69 bits per heavy atom. The van der Waals surface area contributed by atoms with Gasteiger partial charge >= 0.3 is 0 Å². The molecule has 0 aromatic rings. The second-order valence-electron chi connectivity index (χ2n) is 3.00. The molecule has 1 rings (SSSR count). The zero-order chi connectivity index (χ0) is 9.68. The fourth-order valence-corrected chi connectivity index (χ4v) is 1.05. The molecule has 0 bridgehead atoms. The van der Waals surface area contributed by atoms with Crippen molar-refractivity contribution in [2.24, 2.45) is 10.2 Å². The monoisotopic (exact) mass is 174 g/mol. The van der Waals surface area contributed by atoms with Crippen LogP contribution in [0.25, 0.3) is 0 Å². The molecule has 0 N–H and O–H groups in total. The third kappa shape index (κ3) is 2.82. The van der Waals surface area contributed by atoms with Gasteiger partial charge in [0.15, 0.2) is 0 Å². The maximum absolute atomic E-state index is 4.08. The maximum Gasteiger partial charge on any atom is 0.0700 e. The minimum absolute atomic E-state index is 0.927. The van der Waals surface area contributed by atoms with E-state index in [4.69, 9.17) is 0 Å². The fourth-order valence-electron chi connectivity index (χ4n) is 1.05. The van der Waals surface area contributed by atoms with Crippen LogP contribution in [0.1, 0.15) is 19.8 Å². The van der Waals surface area contributed by atoms with E-state index in [1.165, 1.54) is 0 Å². The molecule has 0 saturated carbocycles. The van der Waals surface area contributed by atoms with E-state index < -0.39 is 0 Å². The third-order valence-electron chi connectivity index (χ3n) is 1.87. The highest BCUT2D eigenvalue weighted by Crippen LogP contribution is 2.10. The van der Waals surface area contributed by atoms with Crippen LogP contribution < -0.4 is 0 Å². The van der Waals surface area contributed by atoms with Gasteiger partial charge in [-0.1, -0.05) is 31.4 Å². The van der Waals surface area contributed by atoms with Crippen LogP contribution in [-0.4, -0.2) is 11.4 Å². The number of nitrogens with zero attached hydrogens (tertiary/aromatic N) is 2. The van der Waals surface area contributed by atoms with Gasteiger partial charge in [-0.25, -0.2) is 0 Å². The Balaban J connectivity index is 2.68. The predicted molar refractivity (Wildman–Crippen MR) is 58.3 cm³/mol. The van der Waals surface area contributed by atoms with Crippen molar-refractivity contribution < 1.29 is 0 Å². The Bertz CT molecular complexity index is 306. The zero-order valence-electron chi connectivity index (χ0n) is 7.95. The van der Waals surface area contributed by atoms with Crippen LogP contribution in [-0.2, 0) is 0 Å². The van der Waals surface area contributed by atoms with Crippen molar-refractivity contribution in [3.63, 3.8) is 0 Å². The lowest BCUT2D eigenvalue weighted by Gasteiger charge is -2.08. The van der Waals surface area contributed by atoms with Crippen molar-refractivity contribution in [3.05, 3.63) is 37.0 Å². The molecule has 0 fully saturated rings. The summed E-state index contributed by atoms with van der Waals surface area (Å²) in [5, 5.41) is 8.11. The number of hydrogen-bond acceptors (Lipinski definition) is 2. The average molecular weight is 174 g/mol. The van der Waals surface area contributed by atoms with Gasteiger partial charge in [0, 0.05) is 5.71 Å². The van der Waals surface area contributed by atoms with E-state index in [1.807, 2.05) is 19.1 Å². The van der Waals surface area contributed by atoms with Crippen LogP contribution in [0.4, 0.5) is 0 Å². The molecule has 1 aliphatic rings. The first-order valence-corrected chi connectivity index (χ1v) is 4.32. The standard InChI is InChI=1S/C11H14N2/c1-4-5-6-9(2)11-8-7-10(3)12-13-11/h4-6H,1-2,7-8H2,3H3/b6-5-. The molecular formula is C11H14N2. The van der Waals surface area contributed by atoms with E-state index in [0.29, 0.717) is 0 Å². The molecule has 0 amide bonds. The molecule has 2 heteroatoms. The van der Waals surface area contributed by atoms with Crippen LogP contribution in [0.15, 0.2) is 47.2 Å². The van der Waals surface area contributed by atoms with Gasteiger partial charge in [0.1, 0.15) is 0 Å². The van der Waals surface area contributed by atoms with Gasteiger partial charge < -0.3 is 0 Å². The summed E-state index contributed by atoms with van der Waals surface area (Å²) in [5.74, 6) is 0. The molecule has 0 saturated heterocycles. The maximum atomic E-state index is 4.08. The minimum Gasteiger partial charge on any atom is -0.160 e. The van der Waals surface area contributed by atoms with Gasteiger partial charge in [0.05, 0.1) is 5.71 Å². The third-order valence-corrected chi connectivity index (χ3v) is 1.87. The molecule has 0 unspecified atom stereocenters. The van der Waals surface area contributed by atoms with Gasteiger partial charge in [-0.05, 0) is 25.3 Å². The van der Waals surface area contributed by atoms with Crippen LogP contribution >= 0.6 is 0 Å². The fraction of sp³-hybridized carbons (Fsp3) is 0.273. The van der Waals surface area contributed by atoms with E-state index in [1.54, 1.807) is 6.08 Å². The minimum atomic E-state index is 0.927. The summed E-state index contributed by atoms with van der Waals surface area (Å²) >= 11 is 0. The lowest BCUT2D eigenvalue weighted by molar-refractivity contribution is 1.03. The summed E-state index contributed by atoms with van der Waals surface area (Å²) in [4.78, 5) is 0. The SMILES string of the molecule is C=C/C=C\C(=C)C1=NN=C(C)CC1. The molecular weight excluding hydrogens is 160 g/mol. The van der Waals surface area contributed by atoms with Crippen LogP contribution in [0.5, 0.6) is 0 Å². The molecule has 1 aliphatic heterocycles. The van der Waals surface area contributed by atoms with E-state index in [2.05, 4.69) is 23.4 Å². The highest BCUT2D eigenvalue weighted by molar-refractivity contribution is 6.05. The molecule has 2 nitrogen and oxygen atoms in total. The first-order chi connectivity index (χ1) is 6.24. The molecule has 68 valence electrons. The van der Waals surface area contributed by atoms with Gasteiger partial charge in [-0.15, -0.1) is 0 Å². The van der Waals surface area contributed by atoms with E-state index in [0.717, 1.165) is 29.8 Å². The first kappa shape index (κ1) is 9.65. The summed E-state index contributed by atoms with van der Waals surface area (Å²) in [6.45, 7) is 9.49. The Hall–Kier alpha value is -1.44. The molecule has 0 spiro atoms. The second-order valence-corrected chi connectivity index (χ2v) is 3.00. The van der Waals surface area contributed by atoms with Gasteiger partial charge in [0.2, 0.25) is 0 Å². The summed E-state index contributed by atoms with van der Waals surface area (Å²) in [7, 11) is 0. The highest BCUT2D eigenvalue weighted by Gasteiger charge is 2.07. The van der Waals surface area contributed by atoms with Gasteiger partial charge in [-0.2, -0.15) is 10.2 Å². The van der Waals surface area contributed by atoms with E-state index in [-0.39, 0.29) is 0 Å². The van der Waals surface area contributed by atoms with Gasteiger partial charge in [-0.3, -0.25) is 0 Å². The van der Waals surface area contributed by atoms with Gasteiger partial charge in [0.25, 0.3) is 0 Å². The number of rotatable bonds is 3. The number of hydrogen-bond donors (Lipinski definition) is 0. The van der Waals surface area contributed by atoms with Crippen LogP contribution in [0.3, 0.4) is 0 Å². The summed E-state index contributed by atoms with van der Waals surface area (Å²) in [5.41, 5.74) is 2.99. The molecule has 0 aromatic heterocycles. The summed E-state index contributed by atoms with van der Waals surface area (Å²) < 4.78 is 0. The van der Waals surface area contributed by atoms with Crippen LogP contribution in [0.2, 0.25) is 0 Å². The molecule has 1 heterocycles. The van der Waals surface area contributed by atoms with Crippen molar-refractivity contribution >= 4 is 11.4 Å². The molecule has 0 radical (unpaired) electrons. The highest BCUT2D eigenvalue weighted by atomic mass is 15.2. The smallest absolute Gasteiger partial charge is 0.0700 e. The normalized spacial score (nSPS) is 16.7. The second kappa shape index (κ2) is 4.55. The first-order valence-electron chi connectivity index (χ1n) is 4.32. The van der Waals surface area contributed by atoms with Crippen LogP contribution in [0, 0.1) is 0 Å². The van der Waals surface area contributed by atoms with E-state index in [9.17, 15) is 0 Å². The molecule has 13 heavy (non-hydrogen) atoms. The Kier molecular flexibility index (Phi) is 3.38. The summed E-state index contributed by atoms with van der Waals surface area (Å²) in [6.07, 6.45) is 7.41. The quantitative estimate of drug-likeness (QED) is 0.588. The Labute approximate surface area is 79.1 Å².